The molecule has 26 heavy (non-hydrogen) atoms. The van der Waals surface area contributed by atoms with Crippen LogP contribution < -0.4 is 5.32 Å². The molecule has 2 heterocycles. The molecule has 0 unspecified atom stereocenters. The van der Waals surface area contributed by atoms with Crippen molar-refractivity contribution < 1.29 is 4.79 Å². The van der Waals surface area contributed by atoms with Gasteiger partial charge in [-0.3, -0.25) is 0 Å². The van der Waals surface area contributed by atoms with Crippen LogP contribution in [0, 0.1) is 13.8 Å². The molecular formula is C18H24N6OS. The van der Waals surface area contributed by atoms with Crippen molar-refractivity contribution >= 4 is 28.8 Å². The lowest BCUT2D eigenvalue weighted by Crippen LogP contribution is -2.38. The number of nitrogens with zero attached hydrogens (tertiary/aromatic N) is 3. The standard InChI is InChI=1S/C18H24N6OS/c1-12-4-5-14-15(8-12)23-17(22-14)9-24(3)18(25)19-6-7-26-10-16-13(2)20-11-21-16/h4-5,8,11H,6-7,9-10H2,1-3H3,(H,19,25)(H,20,21)(H,22,23). The van der Waals surface area contributed by atoms with Gasteiger partial charge in [-0.25, -0.2) is 14.8 Å². The summed E-state index contributed by atoms with van der Waals surface area (Å²) in [6.07, 6.45) is 1.71. The average molecular weight is 372 g/mol. The molecule has 0 atom stereocenters. The summed E-state index contributed by atoms with van der Waals surface area (Å²) >= 11 is 1.75. The highest BCUT2D eigenvalue weighted by atomic mass is 32.2. The fourth-order valence-corrected chi connectivity index (χ4v) is 3.49. The summed E-state index contributed by atoms with van der Waals surface area (Å²) in [6.45, 7) is 5.12. The third-order valence-corrected chi connectivity index (χ3v) is 5.09. The fourth-order valence-electron chi connectivity index (χ4n) is 2.61. The van der Waals surface area contributed by atoms with Crippen LogP contribution in [0.15, 0.2) is 24.5 Å². The zero-order chi connectivity index (χ0) is 18.5. The molecule has 8 heteroatoms. The Morgan fingerprint density at radius 1 is 1.35 bits per heavy atom. The van der Waals surface area contributed by atoms with E-state index in [4.69, 9.17) is 0 Å². The molecule has 2 amide bonds. The Bertz CT molecular complexity index is 887. The largest absolute Gasteiger partial charge is 0.348 e. The van der Waals surface area contributed by atoms with Crippen molar-refractivity contribution in [3.63, 3.8) is 0 Å². The van der Waals surface area contributed by atoms with Crippen molar-refractivity contribution in [1.29, 1.82) is 0 Å². The van der Waals surface area contributed by atoms with E-state index in [0.29, 0.717) is 13.1 Å². The topological polar surface area (TPSA) is 89.7 Å². The Morgan fingerprint density at radius 2 is 2.19 bits per heavy atom. The molecular weight excluding hydrogens is 348 g/mol. The van der Waals surface area contributed by atoms with Crippen LogP contribution in [-0.2, 0) is 12.3 Å². The molecule has 0 saturated heterocycles. The number of carbonyl (C=O) groups is 1. The minimum absolute atomic E-state index is 0.0989. The fraction of sp³-hybridized carbons (Fsp3) is 0.389. The number of urea groups is 1. The number of rotatable bonds is 7. The number of nitrogens with one attached hydrogen (secondary N) is 3. The predicted molar refractivity (Wildman–Crippen MR) is 105 cm³/mol. The normalized spacial score (nSPS) is 11.0. The highest BCUT2D eigenvalue weighted by Crippen LogP contribution is 2.14. The number of benzene rings is 1. The lowest BCUT2D eigenvalue weighted by Gasteiger charge is -2.16. The van der Waals surface area contributed by atoms with Gasteiger partial charge < -0.3 is 20.2 Å². The summed E-state index contributed by atoms with van der Waals surface area (Å²) in [6, 6.07) is 5.98. The number of hydrogen-bond acceptors (Lipinski definition) is 4. The number of aromatic amines is 2. The maximum atomic E-state index is 12.2. The summed E-state index contributed by atoms with van der Waals surface area (Å²) in [5.74, 6) is 2.47. The Hall–Kier alpha value is -2.48. The predicted octanol–water partition coefficient (Wildman–Crippen LogP) is 2.98. The van der Waals surface area contributed by atoms with Crippen molar-refractivity contribution in [3.05, 3.63) is 47.3 Å². The maximum Gasteiger partial charge on any atom is 0.317 e. The molecule has 3 aromatic rings. The van der Waals surface area contributed by atoms with Crippen LogP contribution in [0.2, 0.25) is 0 Å². The second kappa shape index (κ2) is 8.27. The summed E-state index contributed by atoms with van der Waals surface area (Å²) in [4.78, 5) is 29.0. The maximum absolute atomic E-state index is 12.2. The van der Waals surface area contributed by atoms with Crippen LogP contribution in [0.5, 0.6) is 0 Å². The van der Waals surface area contributed by atoms with E-state index in [1.165, 1.54) is 5.56 Å². The number of fused-ring (bicyclic) bond motifs is 1. The average Bonchev–Trinajstić information content (AvgIpc) is 3.19. The first-order chi connectivity index (χ1) is 12.5. The Balaban J connectivity index is 1.41. The van der Waals surface area contributed by atoms with E-state index in [9.17, 15) is 4.79 Å². The van der Waals surface area contributed by atoms with Crippen molar-refractivity contribution in [2.75, 3.05) is 19.3 Å². The Kier molecular flexibility index (Phi) is 5.82. The molecule has 0 aliphatic rings. The minimum Gasteiger partial charge on any atom is -0.348 e. The van der Waals surface area contributed by atoms with E-state index in [0.717, 1.165) is 39.8 Å². The molecule has 0 fully saturated rings. The van der Waals surface area contributed by atoms with Crippen molar-refractivity contribution in [3.8, 4) is 0 Å². The van der Waals surface area contributed by atoms with Crippen LogP contribution in [0.3, 0.4) is 0 Å². The zero-order valence-corrected chi connectivity index (χ0v) is 16.1. The number of thioether (sulfide) groups is 1. The summed E-state index contributed by atoms with van der Waals surface area (Å²) < 4.78 is 0. The van der Waals surface area contributed by atoms with Gasteiger partial charge in [-0.1, -0.05) is 6.07 Å². The van der Waals surface area contributed by atoms with E-state index in [2.05, 4.69) is 31.3 Å². The smallest absolute Gasteiger partial charge is 0.317 e. The van der Waals surface area contributed by atoms with Gasteiger partial charge in [0.2, 0.25) is 0 Å². The molecule has 2 aromatic heterocycles. The van der Waals surface area contributed by atoms with Crippen molar-refractivity contribution in [2.45, 2.75) is 26.1 Å². The van der Waals surface area contributed by atoms with E-state index in [1.807, 2.05) is 26.0 Å². The van der Waals surface area contributed by atoms with Crippen LogP contribution in [0.4, 0.5) is 4.79 Å². The number of aryl methyl sites for hydroxylation is 2. The van der Waals surface area contributed by atoms with Gasteiger partial charge >= 0.3 is 6.03 Å². The number of aromatic nitrogens is 4. The number of imidazole rings is 2. The van der Waals surface area contributed by atoms with E-state index >= 15 is 0 Å². The molecule has 0 bridgehead atoms. The minimum atomic E-state index is -0.0989. The number of amides is 2. The number of carbonyl (C=O) groups excluding carboxylic acids is 1. The quantitative estimate of drug-likeness (QED) is 0.556. The summed E-state index contributed by atoms with van der Waals surface area (Å²) in [7, 11) is 1.77. The second-order valence-electron chi connectivity index (χ2n) is 6.32. The zero-order valence-electron chi connectivity index (χ0n) is 15.3. The number of hydrogen-bond donors (Lipinski definition) is 3. The van der Waals surface area contributed by atoms with E-state index in [-0.39, 0.29) is 6.03 Å². The first kappa shape index (κ1) is 18.3. The molecule has 3 N–H and O–H groups in total. The van der Waals surface area contributed by atoms with Gasteiger partial charge in [0.05, 0.1) is 29.6 Å². The summed E-state index contributed by atoms with van der Waals surface area (Å²) in [5.41, 5.74) is 5.27. The monoisotopic (exact) mass is 372 g/mol. The molecule has 1 aromatic carbocycles. The van der Waals surface area contributed by atoms with E-state index in [1.54, 1.807) is 30.0 Å². The van der Waals surface area contributed by atoms with Gasteiger partial charge in [-0.05, 0) is 31.5 Å². The molecule has 138 valence electrons. The Morgan fingerprint density at radius 3 is 2.96 bits per heavy atom. The van der Waals surface area contributed by atoms with Crippen molar-refractivity contribution in [1.82, 2.24) is 30.2 Å². The van der Waals surface area contributed by atoms with Crippen LogP contribution in [0.25, 0.3) is 11.0 Å². The van der Waals surface area contributed by atoms with Gasteiger partial charge in [-0.15, -0.1) is 0 Å². The summed E-state index contributed by atoms with van der Waals surface area (Å²) in [5, 5.41) is 2.94. The molecule has 0 aliphatic heterocycles. The highest BCUT2D eigenvalue weighted by Gasteiger charge is 2.11. The van der Waals surface area contributed by atoms with Crippen LogP contribution in [0.1, 0.15) is 22.8 Å². The second-order valence-corrected chi connectivity index (χ2v) is 7.42. The first-order valence-electron chi connectivity index (χ1n) is 8.53. The molecule has 0 aliphatic carbocycles. The lowest BCUT2D eigenvalue weighted by atomic mass is 10.2. The van der Waals surface area contributed by atoms with Gasteiger partial charge in [-0.2, -0.15) is 11.8 Å². The molecule has 3 rings (SSSR count). The molecule has 7 nitrogen and oxygen atoms in total. The third-order valence-electron chi connectivity index (χ3n) is 4.12. The molecule has 0 radical (unpaired) electrons. The molecule has 0 saturated carbocycles. The number of H-pyrrole nitrogens is 2. The first-order valence-corrected chi connectivity index (χ1v) is 9.69. The highest BCUT2D eigenvalue weighted by molar-refractivity contribution is 7.98. The van der Waals surface area contributed by atoms with Crippen LogP contribution >= 0.6 is 11.8 Å². The van der Waals surface area contributed by atoms with Gasteiger partial charge in [0.1, 0.15) is 5.82 Å². The van der Waals surface area contributed by atoms with Crippen LogP contribution in [-0.4, -0.2) is 50.2 Å². The van der Waals surface area contributed by atoms with E-state index < -0.39 is 0 Å². The van der Waals surface area contributed by atoms with Gasteiger partial charge in [0, 0.05) is 30.8 Å². The lowest BCUT2D eigenvalue weighted by molar-refractivity contribution is 0.206. The SMILES string of the molecule is Cc1ccc2nc(CN(C)C(=O)NCCSCc3nc[nH]c3C)[nH]c2c1. The van der Waals surface area contributed by atoms with Crippen molar-refractivity contribution in [2.24, 2.45) is 0 Å². The van der Waals surface area contributed by atoms with Gasteiger partial charge in [0.15, 0.2) is 0 Å². The third kappa shape index (κ3) is 4.57. The van der Waals surface area contributed by atoms with Gasteiger partial charge in [0.25, 0.3) is 0 Å². The molecule has 0 spiro atoms. The Labute approximate surface area is 157 Å².